The zero-order valence-corrected chi connectivity index (χ0v) is 17.0. The molecule has 3 rings (SSSR count). The minimum absolute atomic E-state index is 0.149. The molecule has 0 amide bonds. The first-order chi connectivity index (χ1) is 12.5. The van der Waals surface area contributed by atoms with E-state index < -0.39 is 0 Å². The number of piperidine rings is 1. The first-order valence-corrected chi connectivity index (χ1v) is 9.91. The number of benzene rings is 1. The van der Waals surface area contributed by atoms with E-state index in [1.807, 2.05) is 19.2 Å². The summed E-state index contributed by atoms with van der Waals surface area (Å²) in [5.41, 5.74) is 0.460. The minimum Gasteiger partial charge on any atom is -0.355 e. The molecular formula is C18H20Cl2N4OS. The highest BCUT2D eigenvalue weighted by Gasteiger charge is 2.29. The fourth-order valence-corrected chi connectivity index (χ4v) is 4.17. The monoisotopic (exact) mass is 410 g/mol. The summed E-state index contributed by atoms with van der Waals surface area (Å²) in [6.07, 6.45) is 4.47. The summed E-state index contributed by atoms with van der Waals surface area (Å²) in [6, 6.07) is 5.37. The lowest BCUT2D eigenvalue weighted by molar-refractivity contribution is 0.111. The van der Waals surface area contributed by atoms with Crippen molar-refractivity contribution >= 4 is 47.1 Å². The molecule has 0 aliphatic carbocycles. The van der Waals surface area contributed by atoms with Crippen LogP contribution in [-0.4, -0.2) is 41.9 Å². The van der Waals surface area contributed by atoms with E-state index in [2.05, 4.69) is 27.1 Å². The van der Waals surface area contributed by atoms with Gasteiger partial charge >= 0.3 is 0 Å². The van der Waals surface area contributed by atoms with Gasteiger partial charge in [0.1, 0.15) is 16.5 Å². The van der Waals surface area contributed by atoms with Gasteiger partial charge in [-0.3, -0.25) is 4.79 Å². The predicted octanol–water partition coefficient (Wildman–Crippen LogP) is 4.33. The van der Waals surface area contributed by atoms with Crippen LogP contribution in [0, 0.1) is 0 Å². The fourth-order valence-electron chi connectivity index (χ4n) is 2.84. The zero-order valence-electron chi connectivity index (χ0n) is 14.6. The number of carbonyl (C=O) groups is 1. The summed E-state index contributed by atoms with van der Waals surface area (Å²) >= 11 is 13.6. The number of anilines is 1. The molecule has 1 aliphatic heterocycles. The van der Waals surface area contributed by atoms with Crippen LogP contribution in [-0.2, 0) is 0 Å². The molecule has 0 unspecified atom stereocenters. The third kappa shape index (κ3) is 4.14. The molecule has 5 nitrogen and oxygen atoms in total. The van der Waals surface area contributed by atoms with Crippen LogP contribution in [0.1, 0.15) is 30.3 Å². The molecule has 1 aliphatic rings. The molecule has 1 fully saturated rings. The zero-order chi connectivity index (χ0) is 18.7. The highest BCUT2D eigenvalue weighted by Crippen LogP contribution is 2.37. The lowest BCUT2D eigenvalue weighted by Gasteiger charge is -2.39. The number of aromatic nitrogens is 2. The Morgan fingerprint density at radius 1 is 1.31 bits per heavy atom. The molecule has 0 saturated carbocycles. The quantitative estimate of drug-likeness (QED) is 0.740. The molecule has 1 aromatic heterocycles. The van der Waals surface area contributed by atoms with Crippen LogP contribution < -0.4 is 10.2 Å². The summed E-state index contributed by atoms with van der Waals surface area (Å²) in [6.45, 7) is 3.97. The number of nitrogens with zero attached hydrogens (tertiary/aromatic N) is 3. The second-order valence-electron chi connectivity index (χ2n) is 6.49. The molecule has 2 aromatic rings. The van der Waals surface area contributed by atoms with Gasteiger partial charge in [0.25, 0.3) is 0 Å². The lowest BCUT2D eigenvalue weighted by atomic mass is 9.90. The first kappa shape index (κ1) is 19.4. The topological polar surface area (TPSA) is 58.1 Å². The van der Waals surface area contributed by atoms with Gasteiger partial charge < -0.3 is 10.2 Å². The molecule has 1 aromatic carbocycles. The van der Waals surface area contributed by atoms with E-state index in [1.54, 1.807) is 12.3 Å². The standard InChI is InChI=1S/C18H20Cl2N4OS/c1-18(21-2)6-8-24(9-7-18)15-10-22-17(13(11-25)23-15)26-14-5-3-4-12(19)16(14)20/h3-5,10-11,21H,6-9H2,1-2H3. The maximum atomic E-state index is 11.6. The van der Waals surface area contributed by atoms with E-state index in [1.165, 1.54) is 11.8 Å². The second kappa shape index (κ2) is 8.13. The smallest absolute Gasteiger partial charge is 0.171 e. The molecule has 0 atom stereocenters. The number of hydrogen-bond acceptors (Lipinski definition) is 6. The maximum absolute atomic E-state index is 11.6. The van der Waals surface area contributed by atoms with E-state index >= 15 is 0 Å². The van der Waals surface area contributed by atoms with E-state index in [0.29, 0.717) is 20.8 Å². The molecule has 138 valence electrons. The van der Waals surface area contributed by atoms with Crippen molar-refractivity contribution in [3.05, 3.63) is 40.1 Å². The molecule has 1 N–H and O–H groups in total. The molecule has 0 spiro atoms. The van der Waals surface area contributed by atoms with Crippen LogP contribution in [0.15, 0.2) is 34.3 Å². The molecule has 8 heteroatoms. The van der Waals surface area contributed by atoms with Crippen LogP contribution in [0.25, 0.3) is 0 Å². The lowest BCUT2D eigenvalue weighted by Crippen LogP contribution is -2.50. The number of hydrogen-bond donors (Lipinski definition) is 1. The number of rotatable bonds is 5. The molecule has 0 bridgehead atoms. The van der Waals surface area contributed by atoms with Crippen molar-refractivity contribution in [3.8, 4) is 0 Å². The number of carbonyl (C=O) groups excluding carboxylic acids is 1. The summed E-state index contributed by atoms with van der Waals surface area (Å²) < 4.78 is 0. The fraction of sp³-hybridized carbons (Fsp3) is 0.389. The molecule has 2 heterocycles. The van der Waals surface area contributed by atoms with Gasteiger partial charge in [0.15, 0.2) is 6.29 Å². The van der Waals surface area contributed by atoms with Crippen molar-refractivity contribution in [2.75, 3.05) is 25.0 Å². The Labute approximate surface area is 167 Å². The average Bonchev–Trinajstić information content (AvgIpc) is 2.66. The van der Waals surface area contributed by atoms with Gasteiger partial charge in [-0.2, -0.15) is 0 Å². The van der Waals surface area contributed by atoms with Gasteiger partial charge in [-0.1, -0.05) is 41.0 Å². The van der Waals surface area contributed by atoms with Crippen molar-refractivity contribution in [1.82, 2.24) is 15.3 Å². The Morgan fingerprint density at radius 2 is 2.04 bits per heavy atom. The Kier molecular flexibility index (Phi) is 6.07. The molecule has 1 saturated heterocycles. The van der Waals surface area contributed by atoms with Gasteiger partial charge in [-0.25, -0.2) is 9.97 Å². The van der Waals surface area contributed by atoms with Crippen molar-refractivity contribution in [2.45, 2.75) is 35.2 Å². The van der Waals surface area contributed by atoms with Crippen LogP contribution in [0.3, 0.4) is 0 Å². The molecule has 0 radical (unpaired) electrons. The maximum Gasteiger partial charge on any atom is 0.171 e. The molecular weight excluding hydrogens is 391 g/mol. The molecule has 26 heavy (non-hydrogen) atoms. The third-order valence-electron chi connectivity index (χ3n) is 4.78. The van der Waals surface area contributed by atoms with Gasteiger partial charge in [0.05, 0.1) is 16.2 Å². The highest BCUT2D eigenvalue weighted by atomic mass is 35.5. The normalized spacial score (nSPS) is 16.5. The van der Waals surface area contributed by atoms with Crippen molar-refractivity contribution in [2.24, 2.45) is 0 Å². The van der Waals surface area contributed by atoms with Crippen LogP contribution in [0.4, 0.5) is 5.82 Å². The van der Waals surface area contributed by atoms with E-state index in [9.17, 15) is 4.79 Å². The van der Waals surface area contributed by atoms with Crippen molar-refractivity contribution in [1.29, 1.82) is 0 Å². The third-order valence-corrected chi connectivity index (χ3v) is 6.78. The summed E-state index contributed by atoms with van der Waals surface area (Å²) in [4.78, 5) is 23.4. The van der Waals surface area contributed by atoms with Crippen molar-refractivity contribution < 1.29 is 4.79 Å². The Morgan fingerprint density at radius 3 is 2.69 bits per heavy atom. The van der Waals surface area contributed by atoms with Gasteiger partial charge in [0.2, 0.25) is 0 Å². The Hall–Kier alpha value is -1.34. The number of aldehydes is 1. The van der Waals surface area contributed by atoms with Crippen molar-refractivity contribution in [3.63, 3.8) is 0 Å². The predicted molar refractivity (Wildman–Crippen MR) is 107 cm³/mol. The van der Waals surface area contributed by atoms with Gasteiger partial charge in [-0.15, -0.1) is 0 Å². The van der Waals surface area contributed by atoms with E-state index in [0.717, 1.165) is 42.9 Å². The second-order valence-corrected chi connectivity index (χ2v) is 8.30. The van der Waals surface area contributed by atoms with Crippen LogP contribution in [0.5, 0.6) is 0 Å². The number of nitrogens with one attached hydrogen (secondary N) is 1. The van der Waals surface area contributed by atoms with Crippen LogP contribution in [0.2, 0.25) is 10.0 Å². The van der Waals surface area contributed by atoms with E-state index in [4.69, 9.17) is 23.2 Å². The summed E-state index contributed by atoms with van der Waals surface area (Å²) in [5, 5.41) is 4.81. The van der Waals surface area contributed by atoms with Crippen LogP contribution >= 0.6 is 35.0 Å². The largest absolute Gasteiger partial charge is 0.355 e. The minimum atomic E-state index is 0.149. The van der Waals surface area contributed by atoms with E-state index in [-0.39, 0.29) is 5.54 Å². The Bertz CT molecular complexity index is 810. The summed E-state index contributed by atoms with van der Waals surface area (Å²) in [7, 11) is 1.99. The highest BCUT2D eigenvalue weighted by molar-refractivity contribution is 7.99. The first-order valence-electron chi connectivity index (χ1n) is 8.34. The summed E-state index contributed by atoms with van der Waals surface area (Å²) in [5.74, 6) is 0.729. The average molecular weight is 411 g/mol. The van der Waals surface area contributed by atoms with Gasteiger partial charge in [0, 0.05) is 23.5 Å². The SMILES string of the molecule is CNC1(C)CCN(c2cnc(Sc3cccc(Cl)c3Cl)c(C=O)n2)CC1. The van der Waals surface area contributed by atoms with Gasteiger partial charge in [-0.05, 0) is 38.9 Å². The Balaban J connectivity index is 1.80. The number of halogens is 2.